The summed E-state index contributed by atoms with van der Waals surface area (Å²) >= 11 is 0. The van der Waals surface area contributed by atoms with Gasteiger partial charge in [0.1, 0.15) is 0 Å². The number of amides is 2. The van der Waals surface area contributed by atoms with Crippen molar-refractivity contribution < 1.29 is 14.7 Å². The summed E-state index contributed by atoms with van der Waals surface area (Å²) in [5, 5.41) is 11.8. The number of benzene rings is 1. The minimum absolute atomic E-state index is 0.112. The van der Waals surface area contributed by atoms with Crippen molar-refractivity contribution in [3.63, 3.8) is 0 Å². The highest BCUT2D eigenvalue weighted by Crippen LogP contribution is 2.18. The quantitative estimate of drug-likeness (QED) is 0.859. The molecule has 5 nitrogen and oxygen atoms in total. The van der Waals surface area contributed by atoms with E-state index in [0.717, 1.165) is 12.0 Å². The van der Waals surface area contributed by atoms with Gasteiger partial charge in [-0.2, -0.15) is 0 Å². The molecule has 5 heteroatoms. The van der Waals surface area contributed by atoms with Crippen molar-refractivity contribution in [2.24, 2.45) is 0 Å². The fourth-order valence-corrected chi connectivity index (χ4v) is 1.81. The summed E-state index contributed by atoms with van der Waals surface area (Å²) in [4.78, 5) is 24.8. The molecule has 0 atom stereocenters. The van der Waals surface area contributed by atoms with Gasteiger partial charge in [0.15, 0.2) is 0 Å². The van der Waals surface area contributed by atoms with Crippen LogP contribution in [0.25, 0.3) is 0 Å². The van der Waals surface area contributed by atoms with Gasteiger partial charge in [0.05, 0.1) is 11.3 Å². The molecule has 0 fully saturated rings. The van der Waals surface area contributed by atoms with Crippen molar-refractivity contribution in [1.29, 1.82) is 0 Å². The van der Waals surface area contributed by atoms with Crippen molar-refractivity contribution >= 4 is 17.7 Å². The molecule has 0 bridgehead atoms. The number of hydrogen-bond acceptors (Lipinski definition) is 2. The van der Waals surface area contributed by atoms with Crippen molar-refractivity contribution in [3.05, 3.63) is 29.3 Å². The molecule has 19 heavy (non-hydrogen) atoms. The fourth-order valence-electron chi connectivity index (χ4n) is 1.81. The Hall–Kier alpha value is -2.04. The molecule has 0 aliphatic carbocycles. The third-order valence-electron chi connectivity index (χ3n) is 2.81. The number of carboxylic acid groups (broad SMARTS) is 1. The van der Waals surface area contributed by atoms with Crippen molar-refractivity contribution in [2.45, 2.75) is 27.2 Å². The first-order chi connectivity index (χ1) is 8.99. The van der Waals surface area contributed by atoms with Crippen LogP contribution in [0.2, 0.25) is 0 Å². The molecule has 0 heterocycles. The minimum atomic E-state index is -1.04. The summed E-state index contributed by atoms with van der Waals surface area (Å²) in [7, 11) is 0. The maximum absolute atomic E-state index is 12.0. The highest BCUT2D eigenvalue weighted by Gasteiger charge is 2.15. The van der Waals surface area contributed by atoms with Gasteiger partial charge in [0.2, 0.25) is 0 Å². The smallest absolute Gasteiger partial charge is 0.337 e. The molecule has 2 N–H and O–H groups in total. The van der Waals surface area contributed by atoms with Gasteiger partial charge in [-0.25, -0.2) is 9.59 Å². The maximum atomic E-state index is 12.0. The van der Waals surface area contributed by atoms with Crippen LogP contribution in [0, 0.1) is 6.92 Å². The zero-order valence-electron chi connectivity index (χ0n) is 11.6. The Bertz CT molecular complexity index is 472. The van der Waals surface area contributed by atoms with E-state index in [1.165, 1.54) is 0 Å². The Morgan fingerprint density at radius 3 is 2.53 bits per heavy atom. The number of aromatic carboxylic acids is 1. The number of carbonyl (C=O) groups is 2. The fraction of sp³-hybridized carbons (Fsp3) is 0.429. The lowest BCUT2D eigenvalue weighted by atomic mass is 10.1. The van der Waals surface area contributed by atoms with Crippen LogP contribution < -0.4 is 5.32 Å². The van der Waals surface area contributed by atoms with E-state index in [9.17, 15) is 9.59 Å². The molecule has 0 saturated heterocycles. The molecule has 0 saturated carbocycles. The Balaban J connectivity index is 2.92. The molecule has 1 aromatic rings. The lowest BCUT2D eigenvalue weighted by Crippen LogP contribution is -2.35. The van der Waals surface area contributed by atoms with Crippen LogP contribution in [0.4, 0.5) is 10.5 Å². The van der Waals surface area contributed by atoms with E-state index < -0.39 is 5.97 Å². The number of nitrogens with zero attached hydrogens (tertiary/aromatic N) is 1. The average Bonchev–Trinajstić information content (AvgIpc) is 2.37. The zero-order chi connectivity index (χ0) is 14.4. The minimum Gasteiger partial charge on any atom is -0.478 e. The Morgan fingerprint density at radius 1 is 1.32 bits per heavy atom. The summed E-state index contributed by atoms with van der Waals surface area (Å²) in [6.07, 6.45) is 0.862. The largest absolute Gasteiger partial charge is 0.478 e. The summed E-state index contributed by atoms with van der Waals surface area (Å²) in [6, 6.07) is 4.68. The number of nitrogens with one attached hydrogen (secondary N) is 1. The highest BCUT2D eigenvalue weighted by atomic mass is 16.4. The number of carbonyl (C=O) groups excluding carboxylic acids is 1. The van der Waals surface area contributed by atoms with Crippen LogP contribution in [-0.2, 0) is 0 Å². The van der Waals surface area contributed by atoms with Crippen LogP contribution in [-0.4, -0.2) is 35.1 Å². The van der Waals surface area contributed by atoms with E-state index in [1.807, 2.05) is 20.8 Å². The molecule has 0 aromatic heterocycles. The first kappa shape index (κ1) is 15.0. The normalized spacial score (nSPS) is 10.1. The highest BCUT2D eigenvalue weighted by molar-refractivity contribution is 6.00. The predicted octanol–water partition coefficient (Wildman–Crippen LogP) is 2.96. The second-order valence-electron chi connectivity index (χ2n) is 4.36. The van der Waals surface area contributed by atoms with Crippen LogP contribution in [0.1, 0.15) is 36.2 Å². The summed E-state index contributed by atoms with van der Waals surface area (Å²) < 4.78 is 0. The Labute approximate surface area is 113 Å². The number of hydrogen-bond donors (Lipinski definition) is 2. The average molecular weight is 264 g/mol. The Kier molecular flexibility index (Phi) is 5.36. The molecule has 0 spiro atoms. The van der Waals surface area contributed by atoms with Gasteiger partial charge in [0, 0.05) is 13.1 Å². The first-order valence-electron chi connectivity index (χ1n) is 6.39. The lowest BCUT2D eigenvalue weighted by molar-refractivity contribution is 0.0698. The van der Waals surface area contributed by atoms with E-state index in [1.54, 1.807) is 23.1 Å². The van der Waals surface area contributed by atoms with Gasteiger partial charge in [-0.1, -0.05) is 18.6 Å². The predicted molar refractivity (Wildman–Crippen MR) is 74.7 cm³/mol. The second-order valence-corrected chi connectivity index (χ2v) is 4.36. The molecule has 1 rings (SSSR count). The molecule has 0 unspecified atom stereocenters. The molecular formula is C14H20N2O3. The van der Waals surface area contributed by atoms with Crippen LogP contribution in [0.5, 0.6) is 0 Å². The van der Waals surface area contributed by atoms with Crippen LogP contribution in [0.3, 0.4) is 0 Å². The number of carboxylic acids is 1. The Morgan fingerprint density at radius 2 is 2.00 bits per heavy atom. The number of aryl methyl sites for hydroxylation is 1. The molecule has 2 amide bonds. The first-order valence-corrected chi connectivity index (χ1v) is 6.39. The van der Waals surface area contributed by atoms with Gasteiger partial charge < -0.3 is 15.3 Å². The lowest BCUT2D eigenvalue weighted by Gasteiger charge is -2.21. The van der Waals surface area contributed by atoms with Gasteiger partial charge in [-0.3, -0.25) is 0 Å². The van der Waals surface area contributed by atoms with E-state index in [-0.39, 0.29) is 11.6 Å². The van der Waals surface area contributed by atoms with Crippen molar-refractivity contribution in [2.75, 3.05) is 18.4 Å². The van der Waals surface area contributed by atoms with Gasteiger partial charge >= 0.3 is 12.0 Å². The van der Waals surface area contributed by atoms with E-state index in [2.05, 4.69) is 5.32 Å². The zero-order valence-corrected chi connectivity index (χ0v) is 11.6. The van der Waals surface area contributed by atoms with E-state index >= 15 is 0 Å². The topological polar surface area (TPSA) is 69.6 Å². The summed E-state index contributed by atoms with van der Waals surface area (Å²) in [5.41, 5.74) is 1.29. The maximum Gasteiger partial charge on any atom is 0.337 e. The molecule has 1 aromatic carbocycles. The van der Waals surface area contributed by atoms with Gasteiger partial charge in [-0.05, 0) is 32.4 Å². The molecule has 0 aliphatic heterocycles. The summed E-state index contributed by atoms with van der Waals surface area (Å²) in [6.45, 7) is 6.94. The third-order valence-corrected chi connectivity index (χ3v) is 2.81. The number of anilines is 1. The SMILES string of the molecule is CCCN(CC)C(=O)Nc1ccc(C)cc1C(=O)O. The van der Waals surface area contributed by atoms with Gasteiger partial charge in [0.25, 0.3) is 0 Å². The standard InChI is InChI=1S/C14H20N2O3/c1-4-8-16(5-2)14(19)15-12-7-6-10(3)9-11(12)13(17)18/h6-7,9H,4-5,8H2,1-3H3,(H,15,19)(H,17,18). The molecular weight excluding hydrogens is 244 g/mol. The molecule has 104 valence electrons. The second kappa shape index (κ2) is 6.78. The number of urea groups is 1. The van der Waals surface area contributed by atoms with E-state index in [0.29, 0.717) is 18.8 Å². The van der Waals surface area contributed by atoms with Crippen LogP contribution >= 0.6 is 0 Å². The summed E-state index contributed by atoms with van der Waals surface area (Å²) in [5.74, 6) is -1.04. The van der Waals surface area contributed by atoms with Gasteiger partial charge in [-0.15, -0.1) is 0 Å². The van der Waals surface area contributed by atoms with Crippen molar-refractivity contribution in [1.82, 2.24) is 4.90 Å². The van der Waals surface area contributed by atoms with Crippen LogP contribution in [0.15, 0.2) is 18.2 Å². The molecule has 0 radical (unpaired) electrons. The monoisotopic (exact) mass is 264 g/mol. The van der Waals surface area contributed by atoms with E-state index in [4.69, 9.17) is 5.11 Å². The van der Waals surface area contributed by atoms with Crippen molar-refractivity contribution in [3.8, 4) is 0 Å². The molecule has 0 aliphatic rings. The number of rotatable bonds is 5. The third kappa shape index (κ3) is 3.98.